The summed E-state index contributed by atoms with van der Waals surface area (Å²) in [5, 5.41) is 7.40. The van der Waals surface area contributed by atoms with Gasteiger partial charge < -0.3 is 5.73 Å². The van der Waals surface area contributed by atoms with Crippen molar-refractivity contribution in [1.29, 1.82) is 0 Å². The van der Waals surface area contributed by atoms with Gasteiger partial charge in [0, 0.05) is 19.8 Å². The van der Waals surface area contributed by atoms with Gasteiger partial charge in [0.2, 0.25) is 0 Å². The minimum absolute atomic E-state index is 0.466. The molecule has 1 aromatic heterocycles. The average molecular weight is 216 g/mol. The first-order chi connectivity index (χ1) is 7.24. The van der Waals surface area contributed by atoms with Crippen molar-refractivity contribution in [3.63, 3.8) is 0 Å². The zero-order chi connectivity index (χ0) is 12.7. The molecule has 2 N–H and O–H groups in total. The molecule has 0 aliphatic rings. The van der Waals surface area contributed by atoms with E-state index in [9.17, 15) is 0 Å². The minimum atomic E-state index is 0.466. The fraction of sp³-hybridized carbons (Fsp3) is 0.818. The van der Waals surface area contributed by atoms with Gasteiger partial charge in [0.15, 0.2) is 0 Å². The number of aromatic nitrogens is 3. The van der Waals surface area contributed by atoms with Crippen molar-refractivity contribution < 1.29 is 0 Å². The van der Waals surface area contributed by atoms with Crippen LogP contribution in [-0.2, 0) is 13.6 Å². The second-order valence-electron chi connectivity index (χ2n) is 2.29. The van der Waals surface area contributed by atoms with Crippen LogP contribution in [0.3, 0.4) is 0 Å². The van der Waals surface area contributed by atoms with Crippen LogP contribution in [0.4, 0.5) is 0 Å². The quantitative estimate of drug-likeness (QED) is 0.785. The van der Waals surface area contributed by atoms with Gasteiger partial charge in [0.05, 0.1) is 5.69 Å². The molecule has 92 valence electrons. The van der Waals surface area contributed by atoms with Crippen LogP contribution in [0.5, 0.6) is 0 Å². The van der Waals surface area contributed by atoms with E-state index >= 15 is 0 Å². The molecule has 4 heteroatoms. The van der Waals surface area contributed by atoms with Gasteiger partial charge in [-0.2, -0.15) is 0 Å². The largest absolute Gasteiger partial charge is 0.325 e. The number of rotatable bonds is 1. The highest BCUT2D eigenvalue weighted by atomic mass is 15.4. The first kappa shape index (κ1) is 19.6. The van der Waals surface area contributed by atoms with Gasteiger partial charge in [-0.3, -0.25) is 4.68 Å². The number of nitrogens with two attached hydrogens (primary N) is 1. The lowest BCUT2D eigenvalue weighted by Crippen LogP contribution is -1.95. The summed E-state index contributed by atoms with van der Waals surface area (Å²) in [7, 11) is 1.81. The van der Waals surface area contributed by atoms with Gasteiger partial charge >= 0.3 is 0 Å². The number of nitrogens with zero attached hydrogens (tertiary/aromatic N) is 3. The molecule has 0 unspecified atom stereocenters. The Morgan fingerprint density at radius 1 is 1.20 bits per heavy atom. The molecular formula is C11H28N4. The van der Waals surface area contributed by atoms with E-state index < -0.39 is 0 Å². The predicted octanol–water partition coefficient (Wildman–Crippen LogP) is 2.74. The standard InChI is InChI=1S/C4H8N4.C3H8.2C2H6/c1-8-3-4(2-5)6-7-8;1-3-2;2*1-2/h3H,2,5H2,1H3;3H2,1-2H3;2*1-2H3. The van der Waals surface area contributed by atoms with E-state index in [1.54, 1.807) is 10.9 Å². The summed E-state index contributed by atoms with van der Waals surface area (Å²) < 4.78 is 1.63. The maximum absolute atomic E-state index is 5.25. The molecule has 1 aromatic rings. The highest BCUT2D eigenvalue weighted by Crippen LogP contribution is 1.85. The smallest absolute Gasteiger partial charge is 0.0962 e. The summed E-state index contributed by atoms with van der Waals surface area (Å²) in [6, 6.07) is 0. The predicted molar refractivity (Wildman–Crippen MR) is 67.6 cm³/mol. The van der Waals surface area contributed by atoms with Crippen molar-refractivity contribution in [2.24, 2.45) is 12.8 Å². The van der Waals surface area contributed by atoms with E-state index in [2.05, 4.69) is 24.2 Å². The zero-order valence-corrected chi connectivity index (χ0v) is 11.4. The molecular weight excluding hydrogens is 188 g/mol. The van der Waals surface area contributed by atoms with Gasteiger partial charge in [-0.1, -0.05) is 53.2 Å². The maximum Gasteiger partial charge on any atom is 0.0962 e. The summed E-state index contributed by atoms with van der Waals surface area (Å²) >= 11 is 0. The Bertz CT molecular complexity index is 184. The maximum atomic E-state index is 5.25. The molecule has 0 fully saturated rings. The van der Waals surface area contributed by atoms with Crippen LogP contribution >= 0.6 is 0 Å². The number of hydrogen-bond donors (Lipinski definition) is 1. The van der Waals surface area contributed by atoms with Crippen LogP contribution in [-0.4, -0.2) is 15.0 Å². The summed E-state index contributed by atoms with van der Waals surface area (Å²) in [6.07, 6.45) is 3.04. The van der Waals surface area contributed by atoms with E-state index in [0.717, 1.165) is 5.69 Å². The molecule has 0 aliphatic heterocycles. The van der Waals surface area contributed by atoms with Crippen LogP contribution in [0.2, 0.25) is 0 Å². The Morgan fingerprint density at radius 2 is 1.60 bits per heavy atom. The molecule has 0 radical (unpaired) electrons. The van der Waals surface area contributed by atoms with Gasteiger partial charge in [-0.25, -0.2) is 0 Å². The molecule has 0 saturated carbocycles. The summed E-state index contributed by atoms with van der Waals surface area (Å²) in [5.74, 6) is 0. The molecule has 1 heterocycles. The van der Waals surface area contributed by atoms with Crippen molar-refractivity contribution in [3.8, 4) is 0 Å². The van der Waals surface area contributed by atoms with E-state index in [4.69, 9.17) is 5.73 Å². The first-order valence-corrected chi connectivity index (χ1v) is 5.79. The lowest BCUT2D eigenvalue weighted by Gasteiger charge is -1.79. The van der Waals surface area contributed by atoms with Crippen molar-refractivity contribution >= 4 is 0 Å². The lowest BCUT2D eigenvalue weighted by atomic mass is 10.5. The van der Waals surface area contributed by atoms with E-state index in [-0.39, 0.29) is 0 Å². The second-order valence-corrected chi connectivity index (χ2v) is 2.29. The third-order valence-corrected chi connectivity index (χ3v) is 0.859. The lowest BCUT2D eigenvalue weighted by molar-refractivity contribution is 0.713. The normalized spacial score (nSPS) is 7.20. The average Bonchev–Trinajstić information content (AvgIpc) is 2.71. The summed E-state index contributed by atoms with van der Waals surface area (Å²) in [4.78, 5) is 0. The fourth-order valence-electron chi connectivity index (χ4n) is 0.489. The van der Waals surface area contributed by atoms with Crippen molar-refractivity contribution in [2.75, 3.05) is 0 Å². The minimum Gasteiger partial charge on any atom is -0.325 e. The van der Waals surface area contributed by atoms with Crippen LogP contribution in [0.1, 0.15) is 53.7 Å². The zero-order valence-electron chi connectivity index (χ0n) is 11.4. The molecule has 0 aromatic carbocycles. The molecule has 15 heavy (non-hydrogen) atoms. The SMILES string of the molecule is CC.CC.CCC.Cn1cc(CN)nn1. The molecule has 0 atom stereocenters. The Balaban J connectivity index is -0.000000176. The van der Waals surface area contributed by atoms with E-state index in [1.807, 2.05) is 34.7 Å². The molecule has 0 bridgehead atoms. The molecule has 0 spiro atoms. The second kappa shape index (κ2) is 18.8. The molecule has 4 nitrogen and oxygen atoms in total. The van der Waals surface area contributed by atoms with Crippen molar-refractivity contribution in [1.82, 2.24) is 15.0 Å². The van der Waals surface area contributed by atoms with Gasteiger partial charge in [-0.05, 0) is 0 Å². The third kappa shape index (κ3) is 15.8. The Hall–Kier alpha value is -0.900. The molecule has 0 amide bonds. The molecule has 0 saturated heterocycles. The monoisotopic (exact) mass is 216 g/mol. The number of hydrogen-bond acceptors (Lipinski definition) is 3. The fourth-order valence-corrected chi connectivity index (χ4v) is 0.489. The summed E-state index contributed by atoms with van der Waals surface area (Å²) in [6.45, 7) is 12.7. The summed E-state index contributed by atoms with van der Waals surface area (Å²) in [5.41, 5.74) is 6.07. The third-order valence-electron chi connectivity index (χ3n) is 0.859. The van der Waals surface area contributed by atoms with Gasteiger partial charge in [0.25, 0.3) is 0 Å². The number of aryl methyl sites for hydroxylation is 1. The van der Waals surface area contributed by atoms with Crippen LogP contribution in [0, 0.1) is 0 Å². The van der Waals surface area contributed by atoms with E-state index in [0.29, 0.717) is 6.54 Å². The van der Waals surface area contributed by atoms with Crippen LogP contribution < -0.4 is 5.73 Å². The Morgan fingerprint density at radius 3 is 1.73 bits per heavy atom. The van der Waals surface area contributed by atoms with Crippen molar-refractivity contribution in [2.45, 2.75) is 54.5 Å². The van der Waals surface area contributed by atoms with Crippen molar-refractivity contribution in [3.05, 3.63) is 11.9 Å². The van der Waals surface area contributed by atoms with Gasteiger partial charge in [0.1, 0.15) is 0 Å². The molecule has 0 aliphatic carbocycles. The van der Waals surface area contributed by atoms with Crippen LogP contribution in [0.25, 0.3) is 0 Å². The van der Waals surface area contributed by atoms with Crippen LogP contribution in [0.15, 0.2) is 6.20 Å². The topological polar surface area (TPSA) is 56.7 Å². The Kier molecular flexibility index (Phi) is 24.6. The van der Waals surface area contributed by atoms with Gasteiger partial charge in [-0.15, -0.1) is 5.10 Å². The highest BCUT2D eigenvalue weighted by molar-refractivity contribution is 4.89. The van der Waals surface area contributed by atoms with E-state index in [1.165, 1.54) is 6.42 Å². The first-order valence-electron chi connectivity index (χ1n) is 5.79. The molecule has 1 rings (SSSR count). The highest BCUT2D eigenvalue weighted by Gasteiger charge is 1.90. The Labute approximate surface area is 94.9 Å².